The molecule has 3 atom stereocenters. The number of hydrogen-bond acceptors (Lipinski definition) is 2. The fourth-order valence-electron chi connectivity index (χ4n) is 4.93. The molecule has 116 valence electrons. The molecule has 2 saturated heterocycles. The molecule has 0 N–H and O–H groups in total. The minimum Gasteiger partial charge on any atom is -0.298 e. The van der Waals surface area contributed by atoms with E-state index in [4.69, 9.17) is 0 Å². The molecule has 0 bridgehead atoms. The van der Waals surface area contributed by atoms with Crippen molar-refractivity contribution in [3.63, 3.8) is 0 Å². The summed E-state index contributed by atoms with van der Waals surface area (Å²) in [6.07, 6.45) is 8.60. The second-order valence-corrected chi connectivity index (χ2v) is 8.71. The fourth-order valence-corrected chi connectivity index (χ4v) is 4.93. The zero-order valence-corrected chi connectivity index (χ0v) is 14.1. The summed E-state index contributed by atoms with van der Waals surface area (Å²) >= 11 is 0. The van der Waals surface area contributed by atoms with Gasteiger partial charge in [-0.1, -0.05) is 34.1 Å². The van der Waals surface area contributed by atoms with E-state index in [0.29, 0.717) is 5.41 Å². The van der Waals surface area contributed by atoms with E-state index in [2.05, 4.69) is 37.5 Å². The van der Waals surface area contributed by atoms with Gasteiger partial charge in [-0.25, -0.2) is 0 Å². The Bertz CT molecular complexity index is 336. The molecular weight excluding hydrogens is 244 g/mol. The van der Waals surface area contributed by atoms with Gasteiger partial charge in [0.15, 0.2) is 0 Å². The lowest BCUT2D eigenvalue weighted by Gasteiger charge is -2.52. The van der Waals surface area contributed by atoms with E-state index in [9.17, 15) is 0 Å². The van der Waals surface area contributed by atoms with Crippen LogP contribution in [0.15, 0.2) is 0 Å². The van der Waals surface area contributed by atoms with Gasteiger partial charge in [0.05, 0.1) is 0 Å². The Morgan fingerprint density at radius 1 is 1.00 bits per heavy atom. The monoisotopic (exact) mass is 278 g/mol. The summed E-state index contributed by atoms with van der Waals surface area (Å²) in [5.41, 5.74) is 0.579. The lowest BCUT2D eigenvalue weighted by Crippen LogP contribution is -2.63. The van der Waals surface area contributed by atoms with E-state index >= 15 is 0 Å². The van der Waals surface area contributed by atoms with Crippen LogP contribution in [0.1, 0.15) is 66.2 Å². The van der Waals surface area contributed by atoms with E-state index in [1.165, 1.54) is 58.2 Å². The molecule has 2 aliphatic heterocycles. The van der Waals surface area contributed by atoms with Crippen LogP contribution in [0.2, 0.25) is 0 Å². The lowest BCUT2D eigenvalue weighted by molar-refractivity contribution is -0.0304. The Kier molecular flexibility index (Phi) is 4.16. The molecule has 1 saturated carbocycles. The molecule has 2 nitrogen and oxygen atoms in total. The van der Waals surface area contributed by atoms with Crippen LogP contribution in [0.25, 0.3) is 0 Å². The molecule has 3 unspecified atom stereocenters. The number of nitrogens with zero attached hydrogens (tertiary/aromatic N) is 2. The number of piperidine rings is 1. The third kappa shape index (κ3) is 2.92. The topological polar surface area (TPSA) is 6.48 Å². The zero-order chi connectivity index (χ0) is 14.3. The molecule has 3 fully saturated rings. The highest BCUT2D eigenvalue weighted by Gasteiger charge is 2.42. The standard InChI is InChI=1S/C18H34N2/c1-14(2)17-13-19-10-6-5-7-16(19)12-20(17)15-8-9-18(3,4)11-15/h14-17H,5-13H2,1-4H3. The maximum Gasteiger partial charge on any atom is 0.0249 e. The van der Waals surface area contributed by atoms with Crippen molar-refractivity contribution in [3.05, 3.63) is 0 Å². The van der Waals surface area contributed by atoms with Crippen LogP contribution in [0, 0.1) is 11.3 Å². The van der Waals surface area contributed by atoms with Crippen LogP contribution >= 0.6 is 0 Å². The van der Waals surface area contributed by atoms with Crippen LogP contribution in [-0.2, 0) is 0 Å². The maximum absolute atomic E-state index is 2.94. The zero-order valence-electron chi connectivity index (χ0n) is 14.1. The van der Waals surface area contributed by atoms with Crippen molar-refractivity contribution in [1.82, 2.24) is 9.80 Å². The molecule has 1 aliphatic carbocycles. The minimum atomic E-state index is 0.579. The van der Waals surface area contributed by atoms with Crippen LogP contribution < -0.4 is 0 Å². The van der Waals surface area contributed by atoms with Crippen molar-refractivity contribution < 1.29 is 0 Å². The Morgan fingerprint density at radius 3 is 2.45 bits per heavy atom. The third-order valence-corrected chi connectivity index (χ3v) is 6.20. The van der Waals surface area contributed by atoms with Gasteiger partial charge in [-0.05, 0) is 50.0 Å². The van der Waals surface area contributed by atoms with Gasteiger partial charge in [0.25, 0.3) is 0 Å². The van der Waals surface area contributed by atoms with E-state index in [1.807, 2.05) is 0 Å². The van der Waals surface area contributed by atoms with Gasteiger partial charge in [-0.15, -0.1) is 0 Å². The molecule has 0 aromatic carbocycles. The minimum absolute atomic E-state index is 0.579. The number of rotatable bonds is 2. The first-order chi connectivity index (χ1) is 9.46. The summed E-state index contributed by atoms with van der Waals surface area (Å²) in [7, 11) is 0. The highest BCUT2D eigenvalue weighted by atomic mass is 15.3. The summed E-state index contributed by atoms with van der Waals surface area (Å²) < 4.78 is 0. The van der Waals surface area contributed by atoms with E-state index in [0.717, 1.165) is 24.0 Å². The Morgan fingerprint density at radius 2 is 1.80 bits per heavy atom. The normalized spacial score (nSPS) is 39.1. The first kappa shape index (κ1) is 14.8. The SMILES string of the molecule is CC(C)C1CN2CCCCC2CN1C1CCC(C)(C)C1. The first-order valence-electron chi connectivity index (χ1n) is 8.96. The Hall–Kier alpha value is -0.0800. The van der Waals surface area contributed by atoms with Gasteiger partial charge < -0.3 is 0 Å². The molecule has 3 aliphatic rings. The molecule has 2 heterocycles. The Balaban J connectivity index is 1.73. The lowest BCUT2D eigenvalue weighted by atomic mass is 9.88. The van der Waals surface area contributed by atoms with E-state index in [1.54, 1.807) is 0 Å². The van der Waals surface area contributed by atoms with E-state index < -0.39 is 0 Å². The van der Waals surface area contributed by atoms with Crippen LogP contribution in [0.4, 0.5) is 0 Å². The molecular formula is C18H34N2. The van der Waals surface area contributed by atoms with Gasteiger partial charge in [-0.2, -0.15) is 0 Å². The number of hydrogen-bond donors (Lipinski definition) is 0. The summed E-state index contributed by atoms with van der Waals surface area (Å²) in [4.78, 5) is 5.75. The van der Waals surface area contributed by atoms with Crippen molar-refractivity contribution in [1.29, 1.82) is 0 Å². The molecule has 0 spiro atoms. The summed E-state index contributed by atoms with van der Waals surface area (Å²) in [5.74, 6) is 0.793. The quantitative estimate of drug-likeness (QED) is 0.759. The van der Waals surface area contributed by atoms with Crippen LogP contribution in [0.3, 0.4) is 0 Å². The highest BCUT2D eigenvalue weighted by Crippen LogP contribution is 2.42. The van der Waals surface area contributed by atoms with Crippen molar-refractivity contribution in [3.8, 4) is 0 Å². The maximum atomic E-state index is 2.94. The molecule has 3 rings (SSSR count). The third-order valence-electron chi connectivity index (χ3n) is 6.20. The molecule has 0 amide bonds. The first-order valence-corrected chi connectivity index (χ1v) is 8.96. The van der Waals surface area contributed by atoms with Crippen LogP contribution in [0.5, 0.6) is 0 Å². The largest absolute Gasteiger partial charge is 0.298 e. The highest BCUT2D eigenvalue weighted by molar-refractivity contribution is 4.98. The number of fused-ring (bicyclic) bond motifs is 1. The van der Waals surface area contributed by atoms with E-state index in [-0.39, 0.29) is 0 Å². The Labute approximate surface area is 125 Å². The van der Waals surface area contributed by atoms with Gasteiger partial charge in [-0.3, -0.25) is 9.80 Å². The molecule has 20 heavy (non-hydrogen) atoms. The van der Waals surface area contributed by atoms with Crippen molar-refractivity contribution in [2.75, 3.05) is 19.6 Å². The average Bonchev–Trinajstić information content (AvgIpc) is 2.77. The second kappa shape index (κ2) is 5.61. The molecule has 0 radical (unpaired) electrons. The van der Waals surface area contributed by atoms with Gasteiger partial charge >= 0.3 is 0 Å². The summed E-state index contributed by atoms with van der Waals surface area (Å²) in [5, 5.41) is 0. The summed E-state index contributed by atoms with van der Waals surface area (Å²) in [6, 6.07) is 2.52. The number of piperazine rings is 1. The second-order valence-electron chi connectivity index (χ2n) is 8.71. The smallest absolute Gasteiger partial charge is 0.0249 e. The van der Waals surface area contributed by atoms with Crippen molar-refractivity contribution >= 4 is 0 Å². The van der Waals surface area contributed by atoms with Gasteiger partial charge in [0.1, 0.15) is 0 Å². The molecule has 0 aromatic rings. The average molecular weight is 278 g/mol. The predicted octanol–water partition coefficient (Wildman–Crippen LogP) is 3.76. The van der Waals surface area contributed by atoms with Gasteiger partial charge in [0.2, 0.25) is 0 Å². The van der Waals surface area contributed by atoms with Gasteiger partial charge in [0, 0.05) is 31.2 Å². The molecule has 2 heteroatoms. The predicted molar refractivity (Wildman–Crippen MR) is 86.0 cm³/mol. The fraction of sp³-hybridized carbons (Fsp3) is 1.00. The van der Waals surface area contributed by atoms with Crippen molar-refractivity contribution in [2.45, 2.75) is 84.3 Å². The van der Waals surface area contributed by atoms with Crippen molar-refractivity contribution in [2.24, 2.45) is 11.3 Å². The molecule has 0 aromatic heterocycles. The summed E-state index contributed by atoms with van der Waals surface area (Å²) in [6.45, 7) is 13.8. The van der Waals surface area contributed by atoms with Crippen LogP contribution in [-0.4, -0.2) is 47.6 Å².